The summed E-state index contributed by atoms with van der Waals surface area (Å²) in [6.45, 7) is 11.5. The maximum absolute atomic E-state index is 5.27. The molecule has 0 spiro atoms. The Bertz CT molecular complexity index is 586. The van der Waals surface area contributed by atoms with Gasteiger partial charge >= 0.3 is 0 Å². The standard InChI is InChI=1S/C21H36N4O.HI/c1-7-22-20(23-15-21(2,3)16-24(4)5)25-13-12-18(14-25)17-8-10-19(26-6)11-9-17;/h8-11,18H,7,12-16H2,1-6H3,(H,22,23);1H. The van der Waals surface area contributed by atoms with E-state index in [-0.39, 0.29) is 29.4 Å². The average molecular weight is 488 g/mol. The summed E-state index contributed by atoms with van der Waals surface area (Å²) in [6.07, 6.45) is 1.16. The summed E-state index contributed by atoms with van der Waals surface area (Å²) in [5.74, 6) is 2.52. The van der Waals surface area contributed by atoms with E-state index in [0.29, 0.717) is 5.92 Å². The lowest BCUT2D eigenvalue weighted by molar-refractivity contribution is 0.248. The smallest absolute Gasteiger partial charge is 0.193 e. The number of aliphatic imine (C=N–C) groups is 1. The van der Waals surface area contributed by atoms with Gasteiger partial charge in [0.2, 0.25) is 0 Å². The van der Waals surface area contributed by atoms with E-state index < -0.39 is 0 Å². The topological polar surface area (TPSA) is 40.1 Å². The number of nitrogens with one attached hydrogen (secondary N) is 1. The van der Waals surface area contributed by atoms with Crippen LogP contribution in [0.3, 0.4) is 0 Å². The first-order valence-electron chi connectivity index (χ1n) is 9.66. The van der Waals surface area contributed by atoms with E-state index in [2.05, 4.69) is 74.2 Å². The predicted octanol–water partition coefficient (Wildman–Crippen LogP) is 3.66. The number of benzene rings is 1. The predicted molar refractivity (Wildman–Crippen MR) is 126 cm³/mol. The summed E-state index contributed by atoms with van der Waals surface area (Å²) in [5, 5.41) is 3.48. The van der Waals surface area contributed by atoms with E-state index in [1.54, 1.807) is 7.11 Å². The van der Waals surface area contributed by atoms with Crippen molar-refractivity contribution in [1.29, 1.82) is 0 Å². The highest BCUT2D eigenvalue weighted by atomic mass is 127. The number of guanidine groups is 1. The third-order valence-corrected chi connectivity index (χ3v) is 4.81. The average Bonchev–Trinajstić information content (AvgIpc) is 3.07. The Labute approximate surface area is 182 Å². The Balaban J connectivity index is 0.00000364. The fourth-order valence-corrected chi connectivity index (χ4v) is 3.72. The van der Waals surface area contributed by atoms with E-state index in [4.69, 9.17) is 9.73 Å². The number of halogens is 1. The number of methoxy groups -OCH3 is 1. The first-order chi connectivity index (χ1) is 12.3. The van der Waals surface area contributed by atoms with Crippen LogP contribution in [0.2, 0.25) is 0 Å². The SMILES string of the molecule is CCNC(=NCC(C)(C)CN(C)C)N1CCC(c2ccc(OC)cc2)C1.I. The minimum Gasteiger partial charge on any atom is -0.497 e. The molecule has 0 aromatic heterocycles. The Morgan fingerprint density at radius 2 is 1.96 bits per heavy atom. The number of likely N-dealkylation sites (tertiary alicyclic amines) is 1. The molecule has 1 N–H and O–H groups in total. The number of hydrogen-bond donors (Lipinski definition) is 1. The Kier molecular flexibility index (Phi) is 9.87. The molecular formula is C21H37IN4O. The zero-order valence-corrected chi connectivity index (χ0v) is 20.1. The summed E-state index contributed by atoms with van der Waals surface area (Å²) in [6, 6.07) is 8.50. The van der Waals surface area contributed by atoms with Crippen LogP contribution in [0.15, 0.2) is 29.3 Å². The van der Waals surface area contributed by atoms with Crippen molar-refractivity contribution >= 4 is 29.9 Å². The van der Waals surface area contributed by atoms with Crippen molar-refractivity contribution in [1.82, 2.24) is 15.1 Å². The first kappa shape index (κ1) is 24.0. The molecule has 0 saturated carbocycles. The summed E-state index contributed by atoms with van der Waals surface area (Å²) in [5.41, 5.74) is 1.55. The van der Waals surface area contributed by atoms with Gasteiger partial charge in [0.15, 0.2) is 5.96 Å². The minimum atomic E-state index is 0. The maximum Gasteiger partial charge on any atom is 0.193 e. The lowest BCUT2D eigenvalue weighted by Gasteiger charge is -2.28. The van der Waals surface area contributed by atoms with Gasteiger partial charge < -0.3 is 19.9 Å². The van der Waals surface area contributed by atoms with Crippen LogP contribution in [-0.2, 0) is 0 Å². The highest BCUT2D eigenvalue weighted by Gasteiger charge is 2.27. The van der Waals surface area contributed by atoms with Crippen molar-refractivity contribution in [3.63, 3.8) is 0 Å². The van der Waals surface area contributed by atoms with Crippen molar-refractivity contribution in [2.24, 2.45) is 10.4 Å². The molecule has 5 nitrogen and oxygen atoms in total. The highest BCUT2D eigenvalue weighted by molar-refractivity contribution is 14.0. The molecular weight excluding hydrogens is 451 g/mol. The Morgan fingerprint density at radius 3 is 2.52 bits per heavy atom. The molecule has 6 heteroatoms. The van der Waals surface area contributed by atoms with Gasteiger partial charge in [-0.1, -0.05) is 26.0 Å². The van der Waals surface area contributed by atoms with Gasteiger partial charge in [-0.25, -0.2) is 0 Å². The van der Waals surface area contributed by atoms with Gasteiger partial charge in [0, 0.05) is 38.6 Å². The summed E-state index contributed by atoms with van der Waals surface area (Å²) < 4.78 is 5.27. The second-order valence-electron chi connectivity index (χ2n) is 8.28. The van der Waals surface area contributed by atoms with Crippen LogP contribution in [0.25, 0.3) is 0 Å². The van der Waals surface area contributed by atoms with Crippen LogP contribution in [0.5, 0.6) is 5.75 Å². The monoisotopic (exact) mass is 488 g/mol. The van der Waals surface area contributed by atoms with Gasteiger partial charge in [-0.05, 0) is 50.6 Å². The second-order valence-corrected chi connectivity index (χ2v) is 8.28. The first-order valence-corrected chi connectivity index (χ1v) is 9.66. The summed E-state index contributed by atoms with van der Waals surface area (Å²) in [7, 11) is 5.95. The van der Waals surface area contributed by atoms with Gasteiger partial charge in [0.1, 0.15) is 5.75 Å². The van der Waals surface area contributed by atoms with Crippen LogP contribution in [-0.4, -0.2) is 69.7 Å². The third kappa shape index (κ3) is 7.49. The van der Waals surface area contributed by atoms with Crippen molar-refractivity contribution in [2.45, 2.75) is 33.1 Å². The molecule has 0 bridgehead atoms. The fraction of sp³-hybridized carbons (Fsp3) is 0.667. The molecule has 1 heterocycles. The third-order valence-electron chi connectivity index (χ3n) is 4.81. The quantitative estimate of drug-likeness (QED) is 0.362. The number of rotatable bonds is 7. The molecule has 1 aromatic carbocycles. The van der Waals surface area contributed by atoms with Gasteiger partial charge in [0.25, 0.3) is 0 Å². The molecule has 2 rings (SSSR count). The Hall–Kier alpha value is -1.02. The van der Waals surface area contributed by atoms with E-state index in [0.717, 1.165) is 50.9 Å². The van der Waals surface area contributed by atoms with Crippen LogP contribution >= 0.6 is 24.0 Å². The molecule has 154 valence electrons. The normalized spacial score (nSPS) is 17.8. The molecule has 1 unspecified atom stereocenters. The van der Waals surface area contributed by atoms with E-state index in [1.807, 2.05) is 0 Å². The number of ether oxygens (including phenoxy) is 1. The summed E-state index contributed by atoms with van der Waals surface area (Å²) >= 11 is 0. The molecule has 0 radical (unpaired) electrons. The molecule has 1 fully saturated rings. The van der Waals surface area contributed by atoms with Crippen LogP contribution in [0.1, 0.15) is 38.7 Å². The molecule has 1 aromatic rings. The van der Waals surface area contributed by atoms with Gasteiger partial charge in [0.05, 0.1) is 7.11 Å². The zero-order chi connectivity index (χ0) is 19.2. The molecule has 1 saturated heterocycles. The van der Waals surface area contributed by atoms with Crippen LogP contribution in [0.4, 0.5) is 0 Å². The second kappa shape index (κ2) is 11.1. The lowest BCUT2D eigenvalue weighted by Crippen LogP contribution is -2.41. The van der Waals surface area contributed by atoms with Crippen molar-refractivity contribution in [3.05, 3.63) is 29.8 Å². The molecule has 0 amide bonds. The van der Waals surface area contributed by atoms with E-state index in [9.17, 15) is 0 Å². The maximum atomic E-state index is 5.27. The van der Waals surface area contributed by atoms with Crippen LogP contribution in [0, 0.1) is 5.41 Å². The highest BCUT2D eigenvalue weighted by Crippen LogP contribution is 2.28. The van der Waals surface area contributed by atoms with Gasteiger partial charge in [-0.15, -0.1) is 24.0 Å². The molecule has 27 heavy (non-hydrogen) atoms. The van der Waals surface area contributed by atoms with E-state index in [1.165, 1.54) is 5.56 Å². The van der Waals surface area contributed by atoms with Crippen LogP contribution < -0.4 is 10.1 Å². The van der Waals surface area contributed by atoms with Crippen molar-refractivity contribution < 1.29 is 4.74 Å². The minimum absolute atomic E-state index is 0. The number of hydrogen-bond acceptors (Lipinski definition) is 3. The van der Waals surface area contributed by atoms with Gasteiger partial charge in [-0.2, -0.15) is 0 Å². The molecule has 1 aliphatic rings. The van der Waals surface area contributed by atoms with Crippen molar-refractivity contribution in [2.75, 3.05) is 53.9 Å². The Morgan fingerprint density at radius 1 is 1.30 bits per heavy atom. The lowest BCUT2D eigenvalue weighted by atomic mass is 9.93. The van der Waals surface area contributed by atoms with Gasteiger partial charge in [-0.3, -0.25) is 4.99 Å². The van der Waals surface area contributed by atoms with E-state index >= 15 is 0 Å². The fourth-order valence-electron chi connectivity index (χ4n) is 3.72. The molecule has 0 aliphatic carbocycles. The zero-order valence-electron chi connectivity index (χ0n) is 17.8. The summed E-state index contributed by atoms with van der Waals surface area (Å²) in [4.78, 5) is 9.60. The largest absolute Gasteiger partial charge is 0.497 e. The van der Waals surface area contributed by atoms with Crippen molar-refractivity contribution in [3.8, 4) is 5.75 Å². The molecule has 1 atom stereocenters. The number of nitrogens with zero attached hydrogens (tertiary/aromatic N) is 3. The molecule has 1 aliphatic heterocycles.